The van der Waals surface area contributed by atoms with Gasteiger partial charge in [0, 0.05) is 18.6 Å². The van der Waals surface area contributed by atoms with Gasteiger partial charge in [-0.15, -0.1) is 0 Å². The fourth-order valence-electron chi connectivity index (χ4n) is 5.48. The third-order valence-corrected chi connectivity index (χ3v) is 8.13. The summed E-state index contributed by atoms with van der Waals surface area (Å²) in [5, 5.41) is 84.1. The molecule has 18 heteroatoms. The van der Waals surface area contributed by atoms with Crippen LogP contribution in [0.1, 0.15) is 13.8 Å². The first-order valence-electron chi connectivity index (χ1n) is 14.8. The van der Waals surface area contributed by atoms with E-state index in [1.807, 2.05) is 0 Å². The highest BCUT2D eigenvalue weighted by molar-refractivity contribution is 5.93. The fraction of sp³-hybridized carbons (Fsp3) is 0.484. The Bertz CT molecular complexity index is 1740. The normalized spacial score (nSPS) is 30.1. The maximum atomic E-state index is 13.3. The number of fused-ring (bicyclic) bond motifs is 1. The van der Waals surface area contributed by atoms with Gasteiger partial charge in [-0.05, 0) is 25.1 Å². The van der Waals surface area contributed by atoms with Gasteiger partial charge in [0.15, 0.2) is 41.0 Å². The van der Waals surface area contributed by atoms with Crippen LogP contribution in [0.5, 0.6) is 34.5 Å². The first-order chi connectivity index (χ1) is 23.2. The summed E-state index contributed by atoms with van der Waals surface area (Å²) in [6.07, 6.45) is -16.4. The van der Waals surface area contributed by atoms with Gasteiger partial charge in [0.05, 0.1) is 20.3 Å². The van der Waals surface area contributed by atoms with Gasteiger partial charge >= 0.3 is 5.97 Å². The third-order valence-electron chi connectivity index (χ3n) is 8.13. The summed E-state index contributed by atoms with van der Waals surface area (Å²) >= 11 is 0. The minimum Gasteiger partial charge on any atom is -0.507 e. The van der Waals surface area contributed by atoms with Crippen LogP contribution in [0.4, 0.5) is 0 Å². The molecule has 0 unspecified atom stereocenters. The molecule has 10 atom stereocenters. The van der Waals surface area contributed by atoms with Crippen LogP contribution in [-0.2, 0) is 23.7 Å². The predicted octanol–water partition coefficient (Wildman–Crippen LogP) is -0.805. The van der Waals surface area contributed by atoms with Gasteiger partial charge in [0.2, 0.25) is 23.2 Å². The molecule has 2 saturated heterocycles. The number of carbonyl (C=O) groups excluding carboxylic acids is 1. The van der Waals surface area contributed by atoms with Gasteiger partial charge in [-0.25, -0.2) is 0 Å². The standard InChI is InChI=1S/C31H36O18/c1-10-19(35)22(38)25(41)30(45-10)49-29-23(39)20(36)17(9-44-11(2)32)47-31(29)46-16-8-14(34)18-21(37)24(40)26(48-28(18)27(16)43-4)12-5-6-13(33)15(7-12)42-3/h5-8,10,17,19-20,22-23,25,29-31,33-36,38-41H,9H2,1-4H3/t10-,17+,19-,20-,22+,23-,25+,29-,30+,31+/m1/s1. The quantitative estimate of drug-likeness (QED) is 0.127. The van der Waals surface area contributed by atoms with Crippen molar-refractivity contribution in [3.63, 3.8) is 0 Å². The van der Waals surface area contributed by atoms with Gasteiger partial charge in [0.25, 0.3) is 0 Å². The summed E-state index contributed by atoms with van der Waals surface area (Å²) in [6.45, 7) is 1.93. The van der Waals surface area contributed by atoms with Crippen LogP contribution in [0.25, 0.3) is 22.3 Å². The van der Waals surface area contributed by atoms with Crippen LogP contribution < -0.4 is 19.6 Å². The first-order valence-corrected chi connectivity index (χ1v) is 14.8. The number of phenolic OH excluding ortho intramolecular Hbond substituents is 2. The number of rotatable bonds is 9. The van der Waals surface area contributed by atoms with E-state index in [4.69, 9.17) is 37.6 Å². The second kappa shape index (κ2) is 14.2. The molecule has 1 aromatic heterocycles. The number of phenols is 2. The molecule has 0 radical (unpaired) electrons. The number of aliphatic hydroxyl groups excluding tert-OH is 5. The van der Waals surface area contributed by atoms with Crippen LogP contribution in [0.3, 0.4) is 0 Å². The molecular weight excluding hydrogens is 660 g/mol. The van der Waals surface area contributed by atoms with Crippen LogP contribution in [0.15, 0.2) is 33.5 Å². The van der Waals surface area contributed by atoms with Crippen LogP contribution >= 0.6 is 0 Å². The molecule has 2 fully saturated rings. The lowest BCUT2D eigenvalue weighted by Gasteiger charge is -2.45. The highest BCUT2D eigenvalue weighted by Crippen LogP contribution is 2.45. The molecule has 2 aliphatic rings. The Morgan fingerprint density at radius 3 is 2.20 bits per heavy atom. The van der Waals surface area contributed by atoms with Gasteiger partial charge < -0.3 is 78.4 Å². The molecule has 0 amide bonds. The van der Waals surface area contributed by atoms with Crippen molar-refractivity contribution in [1.29, 1.82) is 0 Å². The molecule has 0 aliphatic carbocycles. The molecule has 0 spiro atoms. The van der Waals surface area contributed by atoms with Gasteiger partial charge in [-0.3, -0.25) is 9.59 Å². The van der Waals surface area contributed by atoms with Crippen molar-refractivity contribution in [1.82, 2.24) is 0 Å². The lowest BCUT2D eigenvalue weighted by Crippen LogP contribution is -2.64. The van der Waals surface area contributed by atoms with E-state index in [-0.39, 0.29) is 22.8 Å². The average Bonchev–Trinajstić information content (AvgIpc) is 3.06. The molecule has 18 nitrogen and oxygen atoms in total. The summed E-state index contributed by atoms with van der Waals surface area (Å²) in [7, 11) is 2.44. The summed E-state index contributed by atoms with van der Waals surface area (Å²) in [5.41, 5.74) is -1.41. The largest absolute Gasteiger partial charge is 0.507 e. The molecule has 268 valence electrons. The van der Waals surface area contributed by atoms with Crippen molar-refractivity contribution >= 4 is 16.9 Å². The fourth-order valence-corrected chi connectivity index (χ4v) is 5.48. The van der Waals surface area contributed by atoms with Crippen molar-refractivity contribution in [2.45, 2.75) is 75.3 Å². The number of aliphatic hydroxyl groups is 5. The Labute approximate surface area is 276 Å². The number of carbonyl (C=O) groups is 1. The highest BCUT2D eigenvalue weighted by Gasteiger charge is 2.51. The summed E-state index contributed by atoms with van der Waals surface area (Å²) < 4.78 is 44.4. The number of ether oxygens (including phenoxy) is 7. The Hall–Kier alpha value is -4.40. The SMILES string of the molecule is COc1cc(-c2oc3c(OC)c(O[C@H]4O[C@@H](COC(C)=O)[C@@H](O)[C@@H](O)[C@H]4O[C@@H]4O[C@H](C)[C@@H](O)[C@H](O)[C@@H]4O)cc(O)c3c(=O)c2O)ccc1O. The second-order valence-corrected chi connectivity index (χ2v) is 11.4. The molecule has 5 rings (SSSR count). The monoisotopic (exact) mass is 696 g/mol. The Morgan fingerprint density at radius 2 is 1.55 bits per heavy atom. The van der Waals surface area contributed by atoms with Crippen molar-refractivity contribution < 1.29 is 83.2 Å². The van der Waals surface area contributed by atoms with Crippen molar-refractivity contribution in [3.05, 3.63) is 34.5 Å². The third kappa shape index (κ3) is 6.77. The van der Waals surface area contributed by atoms with E-state index in [2.05, 4.69) is 0 Å². The van der Waals surface area contributed by atoms with Gasteiger partial charge in [-0.2, -0.15) is 0 Å². The molecule has 0 bridgehead atoms. The van der Waals surface area contributed by atoms with E-state index in [1.165, 1.54) is 32.2 Å². The maximum Gasteiger partial charge on any atom is 0.302 e. The number of aromatic hydroxyl groups is 3. The predicted molar refractivity (Wildman–Crippen MR) is 161 cm³/mol. The van der Waals surface area contributed by atoms with E-state index in [0.29, 0.717) is 0 Å². The van der Waals surface area contributed by atoms with Gasteiger partial charge in [-0.1, -0.05) is 0 Å². The Morgan fingerprint density at radius 1 is 0.837 bits per heavy atom. The number of methoxy groups -OCH3 is 2. The molecular formula is C31H36O18. The lowest BCUT2D eigenvalue weighted by molar-refractivity contribution is -0.354. The summed E-state index contributed by atoms with van der Waals surface area (Å²) in [6, 6.07) is 4.73. The summed E-state index contributed by atoms with van der Waals surface area (Å²) in [5.74, 6) is -3.77. The van der Waals surface area contributed by atoms with Crippen molar-refractivity contribution in [2.75, 3.05) is 20.8 Å². The van der Waals surface area contributed by atoms with Gasteiger partial charge in [0.1, 0.15) is 54.4 Å². The van der Waals surface area contributed by atoms with Crippen molar-refractivity contribution in [3.8, 4) is 45.8 Å². The minimum atomic E-state index is -1.89. The van der Waals surface area contributed by atoms with E-state index in [0.717, 1.165) is 20.1 Å². The van der Waals surface area contributed by atoms with Crippen LogP contribution in [-0.4, -0.2) is 129 Å². The zero-order valence-corrected chi connectivity index (χ0v) is 26.5. The zero-order chi connectivity index (χ0) is 35.9. The van der Waals surface area contributed by atoms with E-state index in [1.54, 1.807) is 0 Å². The lowest BCUT2D eigenvalue weighted by atomic mass is 9.97. The molecule has 2 aliphatic heterocycles. The smallest absolute Gasteiger partial charge is 0.302 e. The Balaban J connectivity index is 1.59. The minimum absolute atomic E-state index is 0.0143. The van der Waals surface area contributed by atoms with Crippen LogP contribution in [0, 0.1) is 0 Å². The zero-order valence-electron chi connectivity index (χ0n) is 26.5. The maximum absolute atomic E-state index is 13.3. The number of hydrogen-bond acceptors (Lipinski definition) is 18. The van der Waals surface area contributed by atoms with E-state index >= 15 is 0 Å². The summed E-state index contributed by atoms with van der Waals surface area (Å²) in [4.78, 5) is 24.8. The Kier molecular flexibility index (Phi) is 10.4. The number of hydrogen-bond donors (Lipinski definition) is 8. The van der Waals surface area contributed by atoms with E-state index < -0.39 is 113 Å². The van der Waals surface area contributed by atoms with E-state index in [9.17, 15) is 50.4 Å². The average molecular weight is 697 g/mol. The first kappa shape index (κ1) is 35.9. The molecule has 49 heavy (non-hydrogen) atoms. The molecule has 0 saturated carbocycles. The second-order valence-electron chi connectivity index (χ2n) is 11.4. The molecule has 8 N–H and O–H groups in total. The number of benzene rings is 2. The highest BCUT2D eigenvalue weighted by atomic mass is 16.8. The molecule has 3 aromatic rings. The topological polar surface area (TPSA) is 274 Å². The molecule has 2 aromatic carbocycles. The van der Waals surface area contributed by atoms with Crippen molar-refractivity contribution in [2.24, 2.45) is 0 Å². The molecule has 3 heterocycles. The van der Waals surface area contributed by atoms with Crippen LogP contribution in [0.2, 0.25) is 0 Å². The number of esters is 1.